The van der Waals surface area contributed by atoms with Crippen LogP contribution in [0.5, 0.6) is 5.75 Å². The Hall–Kier alpha value is -5.45. The van der Waals surface area contributed by atoms with E-state index in [4.69, 9.17) is 9.72 Å². The largest absolute Gasteiger partial charge is 0.496 e. The first kappa shape index (κ1) is 26.8. The van der Waals surface area contributed by atoms with E-state index in [0.717, 1.165) is 42.0 Å². The number of methoxy groups -OCH3 is 1. The highest BCUT2D eigenvalue weighted by Gasteiger charge is 2.22. The maximum absolute atomic E-state index is 13.1. The van der Waals surface area contributed by atoms with Gasteiger partial charge in [0.15, 0.2) is 5.65 Å². The smallest absolute Gasteiger partial charge is 0.339 e. The van der Waals surface area contributed by atoms with Crippen molar-refractivity contribution in [2.75, 3.05) is 29.2 Å². The molecule has 11 nitrogen and oxygen atoms in total. The Bertz CT molecular complexity index is 1800. The van der Waals surface area contributed by atoms with Crippen LogP contribution in [0.3, 0.4) is 0 Å². The van der Waals surface area contributed by atoms with Gasteiger partial charge in [-0.1, -0.05) is 18.2 Å². The van der Waals surface area contributed by atoms with Crippen LogP contribution in [-0.4, -0.2) is 56.3 Å². The molecule has 0 spiro atoms. The average molecular weight is 564 g/mol. The zero-order valence-electron chi connectivity index (χ0n) is 23.1. The average Bonchev–Trinajstić information content (AvgIpc) is 3.66. The monoisotopic (exact) mass is 563 g/mol. The second kappa shape index (κ2) is 11.2. The molecule has 212 valence electrons. The summed E-state index contributed by atoms with van der Waals surface area (Å²) < 4.78 is 6.86. The second-order valence-electron chi connectivity index (χ2n) is 10.1. The summed E-state index contributed by atoms with van der Waals surface area (Å²) >= 11 is 0. The Morgan fingerprint density at radius 1 is 1.05 bits per heavy atom. The Morgan fingerprint density at radius 2 is 1.90 bits per heavy atom. The van der Waals surface area contributed by atoms with Gasteiger partial charge >= 0.3 is 5.97 Å². The molecule has 1 amide bonds. The number of hydrogen-bond donors (Lipinski definition) is 3. The van der Waals surface area contributed by atoms with E-state index in [0.29, 0.717) is 28.8 Å². The number of fused-ring (bicyclic) bond motifs is 1. The molecule has 2 aromatic carbocycles. The summed E-state index contributed by atoms with van der Waals surface area (Å²) in [7, 11) is 1.38. The number of aromatic nitrogens is 4. The van der Waals surface area contributed by atoms with Gasteiger partial charge in [0.2, 0.25) is 0 Å². The van der Waals surface area contributed by atoms with Gasteiger partial charge in [0.05, 0.1) is 12.8 Å². The van der Waals surface area contributed by atoms with Crippen molar-refractivity contribution in [3.63, 3.8) is 0 Å². The summed E-state index contributed by atoms with van der Waals surface area (Å²) in [5.74, 6) is 0.337. The molecule has 0 bridgehead atoms. The van der Waals surface area contributed by atoms with Crippen molar-refractivity contribution in [1.29, 1.82) is 0 Å². The van der Waals surface area contributed by atoms with Crippen LogP contribution in [0.1, 0.15) is 40.5 Å². The molecule has 3 N–H and O–H groups in total. The highest BCUT2D eigenvalue weighted by atomic mass is 16.5. The van der Waals surface area contributed by atoms with E-state index in [1.54, 1.807) is 22.7 Å². The molecule has 0 saturated carbocycles. The van der Waals surface area contributed by atoms with Gasteiger partial charge in [-0.05, 0) is 67.8 Å². The number of pyridine rings is 2. The molecule has 1 fully saturated rings. The quantitative estimate of drug-likeness (QED) is 0.224. The van der Waals surface area contributed by atoms with E-state index in [1.165, 1.54) is 31.6 Å². The molecule has 42 heavy (non-hydrogen) atoms. The SMILES string of the molecule is COc1cc(NC(=O)c2cccc(-c3cc(Nc4cccc(N5CCCC5C)n4)c4ncnn4c3)c2)ccc1C(=O)O. The number of amides is 1. The molecule has 0 aliphatic carbocycles. The lowest BCUT2D eigenvalue weighted by atomic mass is 10.0. The first-order valence-corrected chi connectivity index (χ1v) is 13.6. The number of nitrogens with one attached hydrogen (secondary N) is 2. The van der Waals surface area contributed by atoms with Crippen LogP contribution in [0, 0.1) is 0 Å². The van der Waals surface area contributed by atoms with Crippen LogP contribution in [0.2, 0.25) is 0 Å². The number of rotatable bonds is 8. The molecule has 4 heterocycles. The van der Waals surface area contributed by atoms with Crippen molar-refractivity contribution in [3.8, 4) is 16.9 Å². The fourth-order valence-electron chi connectivity index (χ4n) is 5.23. The molecule has 6 rings (SSSR count). The molecule has 1 aliphatic rings. The van der Waals surface area contributed by atoms with Crippen LogP contribution in [0.15, 0.2) is 79.3 Å². The first-order chi connectivity index (χ1) is 20.4. The fraction of sp³-hybridized carbons (Fsp3) is 0.194. The third-order valence-corrected chi connectivity index (χ3v) is 7.37. The predicted molar refractivity (Wildman–Crippen MR) is 160 cm³/mol. The number of benzene rings is 2. The summed E-state index contributed by atoms with van der Waals surface area (Å²) in [4.78, 5) is 36.1. The van der Waals surface area contributed by atoms with Gasteiger partial charge in [0.25, 0.3) is 5.91 Å². The number of nitrogens with zero attached hydrogens (tertiary/aromatic N) is 5. The minimum atomic E-state index is -1.11. The maximum Gasteiger partial charge on any atom is 0.339 e. The zero-order chi connectivity index (χ0) is 29.2. The highest BCUT2D eigenvalue weighted by molar-refractivity contribution is 6.05. The number of aromatic carboxylic acids is 1. The van der Waals surface area contributed by atoms with E-state index in [2.05, 4.69) is 32.5 Å². The molecule has 3 aromatic heterocycles. The van der Waals surface area contributed by atoms with Crippen molar-refractivity contribution in [1.82, 2.24) is 19.6 Å². The topological polar surface area (TPSA) is 134 Å². The van der Waals surface area contributed by atoms with Gasteiger partial charge in [-0.15, -0.1) is 0 Å². The number of carbonyl (C=O) groups excluding carboxylic acids is 1. The Morgan fingerprint density at radius 3 is 2.69 bits per heavy atom. The van der Waals surface area contributed by atoms with Crippen LogP contribution in [0.4, 0.5) is 23.0 Å². The fourth-order valence-corrected chi connectivity index (χ4v) is 5.23. The highest BCUT2D eigenvalue weighted by Crippen LogP contribution is 2.30. The van der Waals surface area contributed by atoms with Crippen LogP contribution in [-0.2, 0) is 0 Å². The van der Waals surface area contributed by atoms with Crippen LogP contribution in [0.25, 0.3) is 16.8 Å². The summed E-state index contributed by atoms with van der Waals surface area (Å²) in [6, 6.07) is 20.0. The third-order valence-electron chi connectivity index (χ3n) is 7.37. The van der Waals surface area contributed by atoms with Gasteiger partial charge in [-0.25, -0.2) is 19.3 Å². The van der Waals surface area contributed by atoms with Crippen molar-refractivity contribution >= 4 is 40.5 Å². The molecule has 1 aliphatic heterocycles. The maximum atomic E-state index is 13.1. The lowest BCUT2D eigenvalue weighted by molar-refractivity contribution is 0.0693. The number of ether oxygens (including phenoxy) is 1. The van der Waals surface area contributed by atoms with E-state index in [1.807, 2.05) is 36.5 Å². The molecule has 5 aromatic rings. The number of hydrogen-bond acceptors (Lipinski definition) is 8. The predicted octanol–water partition coefficient (Wildman–Crippen LogP) is 5.48. The molecular weight excluding hydrogens is 534 g/mol. The van der Waals surface area contributed by atoms with E-state index in [-0.39, 0.29) is 17.2 Å². The van der Waals surface area contributed by atoms with Gasteiger partial charge in [-0.3, -0.25) is 4.79 Å². The zero-order valence-corrected chi connectivity index (χ0v) is 23.1. The molecule has 11 heteroatoms. The number of anilines is 4. The van der Waals surface area contributed by atoms with Gasteiger partial charge in [-0.2, -0.15) is 5.10 Å². The summed E-state index contributed by atoms with van der Waals surface area (Å²) in [5.41, 5.74) is 3.85. The lowest BCUT2D eigenvalue weighted by Gasteiger charge is -2.23. The van der Waals surface area contributed by atoms with Crippen LogP contribution >= 0.6 is 0 Å². The van der Waals surface area contributed by atoms with E-state index >= 15 is 0 Å². The van der Waals surface area contributed by atoms with Crippen LogP contribution < -0.4 is 20.3 Å². The third kappa shape index (κ3) is 5.31. The van der Waals surface area contributed by atoms with Crippen molar-refractivity contribution in [2.45, 2.75) is 25.8 Å². The molecule has 0 radical (unpaired) electrons. The molecular formula is C31H29N7O4. The molecule has 1 atom stereocenters. The first-order valence-electron chi connectivity index (χ1n) is 13.6. The van der Waals surface area contributed by atoms with Gasteiger partial charge in [0.1, 0.15) is 29.3 Å². The second-order valence-corrected chi connectivity index (χ2v) is 10.1. The minimum absolute atomic E-state index is 0.0120. The Labute approximate surface area is 241 Å². The van der Waals surface area contributed by atoms with Crippen molar-refractivity contribution in [2.24, 2.45) is 0 Å². The minimum Gasteiger partial charge on any atom is -0.496 e. The number of carboxylic acid groups (broad SMARTS) is 1. The molecule has 1 saturated heterocycles. The Balaban J connectivity index is 1.27. The summed E-state index contributed by atoms with van der Waals surface area (Å²) in [6.45, 7) is 3.21. The lowest BCUT2D eigenvalue weighted by Crippen LogP contribution is -2.27. The van der Waals surface area contributed by atoms with E-state index in [9.17, 15) is 14.7 Å². The van der Waals surface area contributed by atoms with Gasteiger partial charge < -0.3 is 25.4 Å². The van der Waals surface area contributed by atoms with E-state index < -0.39 is 5.97 Å². The standard InChI is InChI=1S/C31H29N7O4/c1-19-6-5-13-37(19)28-10-4-9-27(36-28)35-25-15-22(17-38-29(25)32-18-33-38)20-7-3-8-21(14-20)30(39)34-23-11-12-24(31(40)41)26(16-23)42-2/h3-4,7-12,14-19H,5-6,13H2,1-2H3,(H,34,39)(H,35,36)(H,40,41). The summed E-state index contributed by atoms with van der Waals surface area (Å²) in [6.07, 6.45) is 5.67. The Kier molecular flexibility index (Phi) is 7.14. The van der Waals surface area contributed by atoms with Crippen molar-refractivity contribution < 1.29 is 19.4 Å². The molecule has 1 unspecified atom stereocenters. The number of carboxylic acids is 1. The van der Waals surface area contributed by atoms with Gasteiger partial charge in [0, 0.05) is 41.7 Å². The van der Waals surface area contributed by atoms with Crippen molar-refractivity contribution in [3.05, 3.63) is 90.4 Å². The summed E-state index contributed by atoms with van der Waals surface area (Å²) in [5, 5.41) is 19.9. The number of carbonyl (C=O) groups is 2. The normalized spacial score (nSPS) is 14.6.